The molecular formula is C83H142O17P2. The van der Waals surface area contributed by atoms with Gasteiger partial charge in [0.1, 0.15) is 19.3 Å². The minimum absolute atomic E-state index is 0.0358. The van der Waals surface area contributed by atoms with Crippen LogP contribution in [0.3, 0.4) is 0 Å². The van der Waals surface area contributed by atoms with Crippen molar-refractivity contribution in [2.75, 3.05) is 39.6 Å². The zero-order valence-electron chi connectivity index (χ0n) is 64.0. The van der Waals surface area contributed by atoms with Crippen molar-refractivity contribution in [3.63, 3.8) is 0 Å². The summed E-state index contributed by atoms with van der Waals surface area (Å²) in [5.41, 5.74) is 0. The molecule has 586 valence electrons. The molecule has 0 aliphatic carbocycles. The molecule has 0 aromatic carbocycles. The largest absolute Gasteiger partial charge is 0.472 e. The Morgan fingerprint density at radius 1 is 0.284 bits per heavy atom. The highest BCUT2D eigenvalue weighted by molar-refractivity contribution is 7.47. The Kier molecular flexibility index (Phi) is 71.4. The maximum Gasteiger partial charge on any atom is 0.472 e. The van der Waals surface area contributed by atoms with Crippen LogP contribution in [0.15, 0.2) is 122 Å². The summed E-state index contributed by atoms with van der Waals surface area (Å²) in [5, 5.41) is 10.6. The number of carbonyl (C=O) groups is 4. The van der Waals surface area contributed by atoms with Crippen LogP contribution in [0, 0.1) is 0 Å². The maximum atomic E-state index is 13.1. The highest BCUT2D eigenvalue weighted by atomic mass is 31.2. The van der Waals surface area contributed by atoms with Crippen molar-refractivity contribution in [2.45, 2.75) is 341 Å². The smallest absolute Gasteiger partial charge is 0.462 e. The number of aliphatic hydroxyl groups excluding tert-OH is 1. The number of phosphoric ester groups is 2. The van der Waals surface area contributed by atoms with Crippen LogP contribution >= 0.6 is 15.6 Å². The fourth-order valence-electron chi connectivity index (χ4n) is 10.4. The molecule has 0 aliphatic heterocycles. The van der Waals surface area contributed by atoms with E-state index < -0.39 is 97.5 Å². The Morgan fingerprint density at radius 2 is 0.529 bits per heavy atom. The molecule has 0 bridgehead atoms. The van der Waals surface area contributed by atoms with E-state index in [1.54, 1.807) is 0 Å². The standard InChI is InChI=1S/C83H142O17P2/c1-5-9-13-17-21-25-29-33-36-37-38-39-42-45-48-52-56-60-64-68-81(86)94-73-78(99-82(87)69-65-61-57-53-49-43-32-28-24-20-16-12-8-4)75-97-101(89,90)95-71-77(84)72-96-102(91,92)98-76-79(100-83(88)70-66-62-58-54-50-46-41-35-31-27-23-19-15-11-7-3)74-93-80(85)67-63-59-55-51-47-44-40-34-30-26-22-18-14-10-6-2/h9,13,21-23,25-27,33-36,38-41,45,48,56,60,77-79,84H,5-8,10-12,14-20,24,28-32,37,42-44,46-47,49-55,57-59,61-76H2,1-4H3,(H,89,90)(H,91,92)/b13-9-,25-21-,26-22-,27-23-,36-33-,39-38-,40-34-,41-35-,48-45-,60-56-. The van der Waals surface area contributed by atoms with Crippen molar-refractivity contribution < 1.29 is 80.2 Å². The van der Waals surface area contributed by atoms with Crippen LogP contribution in [0.1, 0.15) is 323 Å². The number of hydrogen-bond donors (Lipinski definition) is 3. The van der Waals surface area contributed by atoms with Crippen LogP contribution < -0.4 is 0 Å². The van der Waals surface area contributed by atoms with Gasteiger partial charge in [-0.3, -0.25) is 37.3 Å². The molecule has 0 fully saturated rings. The van der Waals surface area contributed by atoms with Crippen LogP contribution in [0.4, 0.5) is 0 Å². The number of hydrogen-bond acceptors (Lipinski definition) is 15. The lowest BCUT2D eigenvalue weighted by Gasteiger charge is -2.21. The molecule has 0 spiro atoms. The van der Waals surface area contributed by atoms with Gasteiger partial charge in [-0.05, 0) is 128 Å². The van der Waals surface area contributed by atoms with Gasteiger partial charge in [-0.1, -0.05) is 290 Å². The predicted molar refractivity (Wildman–Crippen MR) is 418 cm³/mol. The molecule has 0 saturated heterocycles. The first-order chi connectivity index (χ1) is 49.7. The van der Waals surface area contributed by atoms with Gasteiger partial charge in [0, 0.05) is 25.7 Å². The lowest BCUT2D eigenvalue weighted by Crippen LogP contribution is -2.30. The molecule has 19 heteroatoms. The van der Waals surface area contributed by atoms with Crippen LogP contribution in [0.2, 0.25) is 0 Å². The molecule has 0 saturated carbocycles. The average Bonchev–Trinajstić information content (AvgIpc) is 0.908. The average molecular weight is 1470 g/mol. The first-order valence-corrected chi connectivity index (χ1v) is 42.8. The Hall–Kier alpha value is -4.54. The number of carbonyl (C=O) groups excluding carboxylic acids is 4. The van der Waals surface area contributed by atoms with Gasteiger partial charge >= 0.3 is 39.5 Å². The molecule has 5 atom stereocenters. The zero-order chi connectivity index (χ0) is 74.6. The number of allylic oxidation sites excluding steroid dienone is 20. The van der Waals surface area contributed by atoms with Crippen LogP contribution in [-0.4, -0.2) is 96.7 Å². The minimum Gasteiger partial charge on any atom is -0.462 e. The second kappa shape index (κ2) is 74.7. The third-order valence-electron chi connectivity index (χ3n) is 16.4. The van der Waals surface area contributed by atoms with Crippen molar-refractivity contribution in [2.24, 2.45) is 0 Å². The lowest BCUT2D eigenvalue weighted by molar-refractivity contribution is -0.161. The fourth-order valence-corrected chi connectivity index (χ4v) is 11.9. The molecule has 0 aromatic rings. The minimum atomic E-state index is -4.99. The third-order valence-corrected chi connectivity index (χ3v) is 18.3. The summed E-state index contributed by atoms with van der Waals surface area (Å²) in [5.74, 6) is -2.29. The van der Waals surface area contributed by atoms with Gasteiger partial charge in [0.2, 0.25) is 0 Å². The first kappa shape index (κ1) is 97.5. The molecular weight excluding hydrogens is 1330 g/mol. The van der Waals surface area contributed by atoms with Crippen molar-refractivity contribution in [1.82, 2.24) is 0 Å². The van der Waals surface area contributed by atoms with Gasteiger partial charge < -0.3 is 33.8 Å². The number of aliphatic hydroxyl groups is 1. The first-order valence-electron chi connectivity index (χ1n) is 39.8. The van der Waals surface area contributed by atoms with Gasteiger partial charge in [-0.2, -0.15) is 0 Å². The molecule has 17 nitrogen and oxygen atoms in total. The molecule has 0 rings (SSSR count). The molecule has 3 N–H and O–H groups in total. The summed E-state index contributed by atoms with van der Waals surface area (Å²) in [7, 11) is -9.98. The van der Waals surface area contributed by atoms with E-state index in [2.05, 4.69) is 131 Å². The third kappa shape index (κ3) is 73.8. The number of ether oxygens (including phenoxy) is 4. The molecule has 0 amide bonds. The van der Waals surface area contributed by atoms with Crippen molar-refractivity contribution in [3.05, 3.63) is 122 Å². The molecule has 0 aliphatic rings. The monoisotopic (exact) mass is 1470 g/mol. The number of phosphoric acid groups is 2. The highest BCUT2D eigenvalue weighted by Crippen LogP contribution is 2.45. The normalized spacial score (nSPS) is 14.5. The molecule has 102 heavy (non-hydrogen) atoms. The summed E-state index contributed by atoms with van der Waals surface area (Å²) in [6.07, 6.45) is 81.9. The predicted octanol–water partition coefficient (Wildman–Crippen LogP) is 23.1. The van der Waals surface area contributed by atoms with Gasteiger partial charge in [0.25, 0.3) is 0 Å². The second-order valence-electron chi connectivity index (χ2n) is 26.3. The van der Waals surface area contributed by atoms with E-state index in [1.807, 2.05) is 18.2 Å². The van der Waals surface area contributed by atoms with E-state index in [0.29, 0.717) is 32.1 Å². The van der Waals surface area contributed by atoms with Gasteiger partial charge in [0.15, 0.2) is 12.2 Å². The van der Waals surface area contributed by atoms with E-state index in [0.717, 1.165) is 148 Å². The zero-order valence-corrected chi connectivity index (χ0v) is 65.8. The van der Waals surface area contributed by atoms with E-state index >= 15 is 0 Å². The van der Waals surface area contributed by atoms with E-state index in [1.165, 1.54) is 89.9 Å². The fraction of sp³-hybridized carbons (Fsp3) is 0.711. The van der Waals surface area contributed by atoms with Gasteiger partial charge in [-0.25, -0.2) is 9.13 Å². The summed E-state index contributed by atoms with van der Waals surface area (Å²) in [4.78, 5) is 72.9. The SMILES string of the molecule is CC/C=C\C/C=C\C/C=C\C/C=C\C/C=C\C/C=C\CCC(=O)OCC(COP(=O)(O)OCC(O)COP(=O)(O)OCC(COC(=O)CCCCCCC/C=C\C/C=C\CCCCC)OC(=O)CCCCCCC/C=C\C/C=C\CCCCC)OC(=O)CCCCCCCCCCCCCCC. The van der Waals surface area contributed by atoms with E-state index in [-0.39, 0.29) is 25.7 Å². The van der Waals surface area contributed by atoms with Crippen molar-refractivity contribution >= 4 is 39.5 Å². The summed E-state index contributed by atoms with van der Waals surface area (Å²) >= 11 is 0. The number of rotatable bonds is 74. The lowest BCUT2D eigenvalue weighted by atomic mass is 10.0. The Labute approximate surface area is 619 Å². The molecule has 5 unspecified atom stereocenters. The van der Waals surface area contributed by atoms with Crippen molar-refractivity contribution in [1.29, 1.82) is 0 Å². The molecule has 0 radical (unpaired) electrons. The Bertz CT molecular complexity index is 2410. The van der Waals surface area contributed by atoms with Crippen LogP contribution in [0.25, 0.3) is 0 Å². The Morgan fingerprint density at radius 3 is 0.863 bits per heavy atom. The second-order valence-corrected chi connectivity index (χ2v) is 29.2. The number of unbranched alkanes of at least 4 members (excludes halogenated alkanes) is 28. The van der Waals surface area contributed by atoms with Gasteiger partial charge in [-0.15, -0.1) is 0 Å². The maximum absolute atomic E-state index is 13.1. The van der Waals surface area contributed by atoms with Crippen LogP contribution in [0.5, 0.6) is 0 Å². The van der Waals surface area contributed by atoms with E-state index in [9.17, 15) is 43.2 Å². The van der Waals surface area contributed by atoms with Crippen LogP contribution in [-0.2, 0) is 65.4 Å². The van der Waals surface area contributed by atoms with E-state index in [4.69, 9.17) is 37.0 Å². The highest BCUT2D eigenvalue weighted by Gasteiger charge is 2.30. The van der Waals surface area contributed by atoms with Crippen molar-refractivity contribution in [3.8, 4) is 0 Å². The molecule has 0 aromatic heterocycles. The Balaban J connectivity index is 5.42. The summed E-state index contributed by atoms with van der Waals surface area (Å²) in [6.45, 7) is 4.61. The molecule has 0 heterocycles. The van der Waals surface area contributed by atoms with Gasteiger partial charge in [0.05, 0.1) is 26.4 Å². The summed E-state index contributed by atoms with van der Waals surface area (Å²) in [6, 6.07) is 0. The quantitative estimate of drug-likeness (QED) is 0.0169. The summed E-state index contributed by atoms with van der Waals surface area (Å²) < 4.78 is 68.5. The topological polar surface area (TPSA) is 237 Å². The number of esters is 4.